The van der Waals surface area contributed by atoms with Crippen LogP contribution in [0.15, 0.2) is 12.1 Å². The molecular weight excluding hydrogens is 292 g/mol. The van der Waals surface area contributed by atoms with Gasteiger partial charge in [0, 0.05) is 6.07 Å². The summed E-state index contributed by atoms with van der Waals surface area (Å²) in [5.74, 6) is 0. The van der Waals surface area contributed by atoms with Crippen molar-refractivity contribution in [3.8, 4) is 0 Å². The Kier molecular flexibility index (Phi) is 4.66. The lowest BCUT2D eigenvalue weighted by Crippen LogP contribution is -2.58. The van der Waals surface area contributed by atoms with E-state index in [2.05, 4.69) is 5.32 Å². The van der Waals surface area contributed by atoms with Crippen LogP contribution in [0.1, 0.15) is 18.1 Å². The van der Waals surface area contributed by atoms with E-state index in [9.17, 15) is 25.4 Å². The Labute approximate surface area is 127 Å². The summed E-state index contributed by atoms with van der Waals surface area (Å²) in [4.78, 5) is 10.6. The number of ether oxygens (including phenoxy) is 1. The molecular formula is C14H20N2O6. The van der Waals surface area contributed by atoms with Crippen LogP contribution in [0.5, 0.6) is 0 Å². The van der Waals surface area contributed by atoms with Crippen LogP contribution in [0.3, 0.4) is 0 Å². The molecule has 0 amide bonds. The zero-order chi connectivity index (χ0) is 16.6. The van der Waals surface area contributed by atoms with E-state index in [0.717, 1.165) is 11.1 Å². The summed E-state index contributed by atoms with van der Waals surface area (Å²) in [5.41, 5.74) is 1.65. The van der Waals surface area contributed by atoms with E-state index in [4.69, 9.17) is 4.74 Å². The summed E-state index contributed by atoms with van der Waals surface area (Å²) in [6.07, 6.45) is -5.81. The van der Waals surface area contributed by atoms with E-state index >= 15 is 0 Å². The third-order valence-electron chi connectivity index (χ3n) is 3.96. The minimum atomic E-state index is -1.41. The first-order valence-electron chi connectivity index (χ1n) is 6.94. The minimum Gasteiger partial charge on any atom is -0.388 e. The van der Waals surface area contributed by atoms with E-state index in [1.165, 1.54) is 6.07 Å². The van der Waals surface area contributed by atoms with Crippen molar-refractivity contribution >= 4 is 11.4 Å². The lowest BCUT2D eigenvalue weighted by Gasteiger charge is -2.39. The fraction of sp³-hybridized carbons (Fsp3) is 0.571. The van der Waals surface area contributed by atoms with Crippen molar-refractivity contribution in [2.75, 3.05) is 5.32 Å². The molecule has 1 saturated heterocycles. The van der Waals surface area contributed by atoms with Crippen LogP contribution in [-0.2, 0) is 4.74 Å². The molecule has 8 nitrogen and oxygen atoms in total. The van der Waals surface area contributed by atoms with Crippen LogP contribution in [0.25, 0.3) is 0 Å². The molecule has 0 bridgehead atoms. The monoisotopic (exact) mass is 312 g/mol. The molecule has 1 aliphatic rings. The molecule has 8 heteroatoms. The molecule has 1 heterocycles. The predicted octanol–water partition coefficient (Wildman–Crippen LogP) is 0.451. The maximum Gasteiger partial charge on any atom is 0.292 e. The van der Waals surface area contributed by atoms with Crippen molar-refractivity contribution in [1.29, 1.82) is 0 Å². The van der Waals surface area contributed by atoms with Gasteiger partial charge in [-0.2, -0.15) is 0 Å². The van der Waals surface area contributed by atoms with Gasteiger partial charge in [0.25, 0.3) is 5.69 Å². The third-order valence-corrected chi connectivity index (χ3v) is 3.96. The Hall–Kier alpha value is -1.74. The Morgan fingerprint density at radius 1 is 1.14 bits per heavy atom. The van der Waals surface area contributed by atoms with Crippen molar-refractivity contribution in [3.05, 3.63) is 33.4 Å². The number of rotatable bonds is 3. The summed E-state index contributed by atoms with van der Waals surface area (Å²) in [5, 5.41) is 43.3. The van der Waals surface area contributed by atoms with Crippen LogP contribution < -0.4 is 5.32 Å². The fourth-order valence-corrected chi connectivity index (χ4v) is 2.39. The summed E-state index contributed by atoms with van der Waals surface area (Å²) in [6, 6.07) is 3.02. The summed E-state index contributed by atoms with van der Waals surface area (Å²) in [6.45, 7) is 5.12. The average Bonchev–Trinajstić information content (AvgIpc) is 2.45. The Bertz CT molecular complexity index is 579. The topological polar surface area (TPSA) is 125 Å². The number of nitrogens with one attached hydrogen (secondary N) is 1. The predicted molar refractivity (Wildman–Crippen MR) is 78.5 cm³/mol. The molecule has 122 valence electrons. The number of nitro benzene ring substituents is 1. The van der Waals surface area contributed by atoms with Crippen molar-refractivity contribution in [2.45, 2.75) is 51.4 Å². The largest absolute Gasteiger partial charge is 0.388 e. The lowest BCUT2D eigenvalue weighted by molar-refractivity contribution is -0.384. The Morgan fingerprint density at radius 2 is 1.73 bits per heavy atom. The van der Waals surface area contributed by atoms with Gasteiger partial charge in [-0.15, -0.1) is 0 Å². The number of nitrogens with zero attached hydrogens (tertiary/aromatic N) is 1. The van der Waals surface area contributed by atoms with Crippen LogP contribution >= 0.6 is 0 Å². The van der Waals surface area contributed by atoms with Gasteiger partial charge in [0.1, 0.15) is 24.0 Å². The van der Waals surface area contributed by atoms with Gasteiger partial charge in [0.15, 0.2) is 6.23 Å². The van der Waals surface area contributed by atoms with Crippen molar-refractivity contribution in [2.24, 2.45) is 0 Å². The first kappa shape index (κ1) is 16.6. The molecule has 0 saturated carbocycles. The lowest BCUT2D eigenvalue weighted by atomic mass is 9.98. The van der Waals surface area contributed by atoms with Gasteiger partial charge in [-0.05, 0) is 38.0 Å². The molecule has 1 aromatic carbocycles. The van der Waals surface area contributed by atoms with E-state index in [1.54, 1.807) is 19.9 Å². The van der Waals surface area contributed by atoms with Gasteiger partial charge in [0.2, 0.25) is 0 Å². The summed E-state index contributed by atoms with van der Waals surface area (Å²) < 4.78 is 5.40. The first-order valence-corrected chi connectivity index (χ1v) is 6.94. The molecule has 0 unspecified atom stereocenters. The highest BCUT2D eigenvalue weighted by atomic mass is 16.6. The molecule has 1 aliphatic heterocycles. The summed E-state index contributed by atoms with van der Waals surface area (Å²) in [7, 11) is 0. The molecule has 0 aliphatic carbocycles. The van der Waals surface area contributed by atoms with Gasteiger partial charge in [0.05, 0.1) is 11.0 Å². The SMILES string of the molecule is Cc1cc(N[C@@H]2O[C@H](C)[C@H](O)[C@H](O)[C@H]2O)c([N+](=O)[O-])cc1C. The number of aliphatic hydroxyl groups is 3. The van der Waals surface area contributed by atoms with Gasteiger partial charge in [-0.1, -0.05) is 0 Å². The highest BCUT2D eigenvalue weighted by molar-refractivity contribution is 5.64. The van der Waals surface area contributed by atoms with Gasteiger partial charge in [-0.25, -0.2) is 0 Å². The average molecular weight is 312 g/mol. The first-order chi connectivity index (χ1) is 10.2. The normalized spacial score (nSPS) is 31.8. The van der Waals surface area contributed by atoms with Crippen molar-refractivity contribution < 1.29 is 25.0 Å². The Balaban J connectivity index is 2.30. The van der Waals surface area contributed by atoms with Crippen LogP contribution in [0, 0.1) is 24.0 Å². The maximum atomic E-state index is 11.2. The van der Waals surface area contributed by atoms with E-state index in [0.29, 0.717) is 0 Å². The number of aryl methyl sites for hydroxylation is 2. The van der Waals surface area contributed by atoms with Crippen molar-refractivity contribution in [1.82, 2.24) is 0 Å². The fourth-order valence-electron chi connectivity index (χ4n) is 2.39. The molecule has 2 rings (SSSR count). The second kappa shape index (κ2) is 6.17. The van der Waals surface area contributed by atoms with Crippen LogP contribution in [-0.4, -0.2) is 50.9 Å². The molecule has 22 heavy (non-hydrogen) atoms. The number of nitro groups is 1. The molecule has 0 aromatic heterocycles. The number of hydrogen-bond donors (Lipinski definition) is 4. The Morgan fingerprint density at radius 3 is 2.32 bits per heavy atom. The smallest absolute Gasteiger partial charge is 0.292 e. The molecule has 5 atom stereocenters. The number of anilines is 1. The molecule has 0 spiro atoms. The highest BCUT2D eigenvalue weighted by Crippen LogP contribution is 2.31. The standard InChI is InChI=1S/C14H20N2O6/c1-6-4-9(10(16(20)21)5-7(6)2)15-14-13(19)12(18)11(17)8(3)22-14/h4-5,8,11-15,17-19H,1-3H3/t8-,11+,12+,13-,14-/m1/s1. The third kappa shape index (κ3) is 3.05. The number of aliphatic hydroxyl groups excluding tert-OH is 3. The van der Waals surface area contributed by atoms with Gasteiger partial charge in [-0.3, -0.25) is 10.1 Å². The van der Waals surface area contributed by atoms with Crippen molar-refractivity contribution in [3.63, 3.8) is 0 Å². The molecule has 4 N–H and O–H groups in total. The van der Waals surface area contributed by atoms with Crippen LogP contribution in [0.2, 0.25) is 0 Å². The second-order valence-electron chi connectivity index (χ2n) is 5.59. The van der Waals surface area contributed by atoms with E-state index in [1.807, 2.05) is 6.92 Å². The van der Waals surface area contributed by atoms with Gasteiger partial charge < -0.3 is 25.4 Å². The van der Waals surface area contributed by atoms with E-state index < -0.39 is 35.6 Å². The number of benzene rings is 1. The highest BCUT2D eigenvalue weighted by Gasteiger charge is 2.42. The molecule has 1 fully saturated rings. The molecule has 1 aromatic rings. The quantitative estimate of drug-likeness (QED) is 0.471. The van der Waals surface area contributed by atoms with Gasteiger partial charge >= 0.3 is 0 Å². The van der Waals surface area contributed by atoms with E-state index in [-0.39, 0.29) is 11.4 Å². The van der Waals surface area contributed by atoms with Crippen LogP contribution in [0.4, 0.5) is 11.4 Å². The number of hydrogen-bond acceptors (Lipinski definition) is 7. The minimum absolute atomic E-state index is 0.146. The maximum absolute atomic E-state index is 11.2. The summed E-state index contributed by atoms with van der Waals surface area (Å²) >= 11 is 0. The zero-order valence-corrected chi connectivity index (χ0v) is 12.6. The molecule has 0 radical (unpaired) electrons. The zero-order valence-electron chi connectivity index (χ0n) is 12.6. The second-order valence-corrected chi connectivity index (χ2v) is 5.59.